The summed E-state index contributed by atoms with van der Waals surface area (Å²) in [5.41, 5.74) is 8.29. The van der Waals surface area contributed by atoms with Crippen LogP contribution in [0, 0.1) is 6.92 Å². The Morgan fingerprint density at radius 3 is 2.90 bits per heavy atom. The van der Waals surface area contributed by atoms with Gasteiger partial charge in [0.1, 0.15) is 37.1 Å². The molecule has 0 amide bonds. The second-order valence-electron chi connectivity index (χ2n) is 7.47. The highest BCUT2D eigenvalue weighted by Crippen LogP contribution is 2.16. The van der Waals surface area contributed by atoms with Gasteiger partial charge in [0.05, 0.1) is 19.8 Å². The fraction of sp³-hybridized carbons (Fsp3) is 0.429. The quantitative estimate of drug-likeness (QED) is 0.320. The monoisotopic (exact) mass is 413 g/mol. The zero-order valence-electron chi connectivity index (χ0n) is 17.3. The predicted molar refractivity (Wildman–Crippen MR) is 111 cm³/mol. The Kier molecular flexibility index (Phi) is 5.65. The average Bonchev–Trinajstić information content (AvgIpc) is 2.75. The smallest absolute Gasteiger partial charge is 0.344 e. The van der Waals surface area contributed by atoms with Crippen molar-refractivity contribution in [1.82, 2.24) is 9.38 Å². The second kappa shape index (κ2) is 8.37. The molecule has 1 aliphatic rings. The lowest BCUT2D eigenvalue weighted by Gasteiger charge is -2.23. The van der Waals surface area contributed by atoms with Crippen LogP contribution in [0.25, 0.3) is 16.7 Å². The number of aryl methyl sites for hydroxylation is 1. The van der Waals surface area contributed by atoms with Gasteiger partial charge in [0, 0.05) is 11.8 Å². The van der Waals surface area contributed by atoms with Gasteiger partial charge in [-0.05, 0) is 26.0 Å². The van der Waals surface area contributed by atoms with E-state index >= 15 is 0 Å². The highest BCUT2D eigenvalue weighted by molar-refractivity contribution is 5.96. The molecule has 3 aromatic heterocycles. The van der Waals surface area contributed by atoms with Crippen molar-refractivity contribution in [3.63, 3.8) is 0 Å². The van der Waals surface area contributed by atoms with Gasteiger partial charge in [0.2, 0.25) is 11.5 Å². The largest absolute Gasteiger partial charge is 0.462 e. The van der Waals surface area contributed by atoms with Crippen LogP contribution in [0.5, 0.6) is 0 Å². The Bertz CT molecular complexity index is 1170. The number of pyridine rings is 2. The number of nitrogens with one attached hydrogen (secondary N) is 1. The number of aromatic nitrogens is 3. The fourth-order valence-corrected chi connectivity index (χ4v) is 3.89. The summed E-state index contributed by atoms with van der Waals surface area (Å²) in [5.74, 6) is -0.281. The predicted octanol–water partition coefficient (Wildman–Crippen LogP) is -0.882. The number of carbonyl (C=O) groups excluding carboxylic acids is 1. The van der Waals surface area contributed by atoms with Gasteiger partial charge in [0.15, 0.2) is 0 Å². The summed E-state index contributed by atoms with van der Waals surface area (Å²) in [5, 5.41) is 0.340. The zero-order valence-corrected chi connectivity index (χ0v) is 17.3. The first-order valence-corrected chi connectivity index (χ1v) is 10.2. The molecule has 0 atom stereocenters. The van der Waals surface area contributed by atoms with Gasteiger partial charge in [-0.3, -0.25) is 9.20 Å². The van der Waals surface area contributed by atoms with E-state index in [9.17, 15) is 9.59 Å². The van der Waals surface area contributed by atoms with Gasteiger partial charge in [0.25, 0.3) is 11.2 Å². The lowest BCUT2D eigenvalue weighted by molar-refractivity contribution is -0.923. The van der Waals surface area contributed by atoms with E-state index in [1.165, 1.54) is 15.4 Å². The zero-order chi connectivity index (χ0) is 21.3. The van der Waals surface area contributed by atoms with Gasteiger partial charge >= 0.3 is 5.97 Å². The molecule has 0 saturated carbocycles. The Morgan fingerprint density at radius 1 is 1.40 bits per heavy atom. The van der Waals surface area contributed by atoms with Gasteiger partial charge < -0.3 is 20.1 Å². The van der Waals surface area contributed by atoms with Crippen LogP contribution in [-0.2, 0) is 16.0 Å². The van der Waals surface area contributed by atoms with E-state index in [-0.39, 0.29) is 23.5 Å². The number of morpholine rings is 1. The van der Waals surface area contributed by atoms with Gasteiger partial charge in [-0.2, -0.15) is 0 Å². The molecule has 0 radical (unpaired) electrons. The molecule has 1 saturated heterocycles. The van der Waals surface area contributed by atoms with Gasteiger partial charge in [-0.1, -0.05) is 11.1 Å². The molecular formula is C21H27N5O4+2. The summed E-state index contributed by atoms with van der Waals surface area (Å²) < 4.78 is 13.9. The first-order valence-electron chi connectivity index (χ1n) is 10.2. The van der Waals surface area contributed by atoms with Crippen LogP contribution in [0.15, 0.2) is 29.2 Å². The third-order valence-corrected chi connectivity index (χ3v) is 5.56. The minimum absolute atomic E-state index is 0.188. The lowest BCUT2D eigenvalue weighted by atomic mass is 10.2. The van der Waals surface area contributed by atoms with E-state index < -0.39 is 5.97 Å². The SMILES string of the molecule is CCOC(=O)c1cc2c(=O)n3cccc(C)c3nc2[n+](CC[NH+]2CCOCC2)c1N. The maximum absolute atomic E-state index is 13.2. The van der Waals surface area contributed by atoms with Crippen molar-refractivity contribution in [2.24, 2.45) is 0 Å². The van der Waals surface area contributed by atoms with E-state index in [0.717, 1.165) is 38.4 Å². The summed E-state index contributed by atoms with van der Waals surface area (Å²) in [6.45, 7) is 8.45. The number of nitrogens with zero attached hydrogens (tertiary/aromatic N) is 3. The van der Waals surface area contributed by atoms with E-state index in [4.69, 9.17) is 20.2 Å². The Hall–Kier alpha value is -3.04. The molecule has 4 heterocycles. The number of quaternary nitrogens is 1. The summed E-state index contributed by atoms with van der Waals surface area (Å²) in [7, 11) is 0. The molecule has 9 nitrogen and oxygen atoms in total. The number of ether oxygens (including phenoxy) is 2. The van der Waals surface area contributed by atoms with Gasteiger partial charge in [-0.25, -0.2) is 9.36 Å². The minimum Gasteiger partial charge on any atom is -0.462 e. The molecule has 30 heavy (non-hydrogen) atoms. The van der Waals surface area contributed by atoms with Crippen molar-refractivity contribution in [3.05, 3.63) is 45.9 Å². The van der Waals surface area contributed by atoms with E-state index in [1.807, 2.05) is 13.0 Å². The molecule has 9 heteroatoms. The number of anilines is 1. The first-order chi connectivity index (χ1) is 14.5. The van der Waals surface area contributed by atoms with E-state index in [2.05, 4.69) is 0 Å². The van der Waals surface area contributed by atoms with Crippen LogP contribution in [0.1, 0.15) is 22.8 Å². The number of esters is 1. The van der Waals surface area contributed by atoms with Crippen LogP contribution in [0.3, 0.4) is 0 Å². The Morgan fingerprint density at radius 2 is 2.17 bits per heavy atom. The number of nitrogen functional groups attached to an aromatic ring is 1. The number of nitrogens with two attached hydrogens (primary N) is 1. The Labute approximate surface area is 173 Å². The molecule has 0 aromatic carbocycles. The maximum Gasteiger partial charge on any atom is 0.344 e. The Balaban J connectivity index is 1.91. The van der Waals surface area contributed by atoms with Crippen molar-refractivity contribution >= 4 is 28.5 Å². The normalized spacial score (nSPS) is 15.0. The van der Waals surface area contributed by atoms with E-state index in [0.29, 0.717) is 23.2 Å². The molecule has 1 aliphatic heterocycles. The van der Waals surface area contributed by atoms with Crippen molar-refractivity contribution in [3.8, 4) is 0 Å². The first kappa shape index (κ1) is 20.2. The standard InChI is InChI=1S/C21H25N5O4/c1-3-30-21(28)15-13-16-19(23-18-14(2)5-4-6-26(18)20(16)27)25(17(15)22)8-7-24-9-11-29-12-10-24/h4-6,13,22H,3,7-12H2,1-2H3/p+2. The number of hydrogen-bond donors (Lipinski definition) is 2. The molecule has 0 bridgehead atoms. The molecule has 0 aliphatic carbocycles. The average molecular weight is 413 g/mol. The van der Waals surface area contributed by atoms with Crippen LogP contribution in [0.2, 0.25) is 0 Å². The van der Waals surface area contributed by atoms with Gasteiger partial charge in [-0.15, -0.1) is 0 Å². The number of carbonyl (C=O) groups is 1. The van der Waals surface area contributed by atoms with Crippen molar-refractivity contribution in [1.29, 1.82) is 0 Å². The van der Waals surface area contributed by atoms with Crippen LogP contribution < -0.4 is 20.8 Å². The molecule has 4 rings (SSSR count). The summed E-state index contributed by atoms with van der Waals surface area (Å²) >= 11 is 0. The summed E-state index contributed by atoms with van der Waals surface area (Å²) in [6.07, 6.45) is 1.68. The third-order valence-electron chi connectivity index (χ3n) is 5.56. The van der Waals surface area contributed by atoms with Crippen molar-refractivity contribution < 1.29 is 23.7 Å². The molecular weight excluding hydrogens is 386 g/mol. The van der Waals surface area contributed by atoms with Crippen LogP contribution in [-0.4, -0.2) is 54.8 Å². The molecule has 3 N–H and O–H groups in total. The summed E-state index contributed by atoms with van der Waals surface area (Å²) in [6, 6.07) is 5.22. The maximum atomic E-state index is 13.2. The highest BCUT2D eigenvalue weighted by atomic mass is 16.5. The summed E-state index contributed by atoms with van der Waals surface area (Å²) in [4.78, 5) is 31.9. The van der Waals surface area contributed by atoms with Crippen molar-refractivity contribution in [2.45, 2.75) is 20.4 Å². The van der Waals surface area contributed by atoms with Crippen LogP contribution >= 0.6 is 0 Å². The number of rotatable bonds is 5. The second-order valence-corrected chi connectivity index (χ2v) is 7.47. The molecule has 3 aromatic rings. The minimum atomic E-state index is -0.543. The topological polar surface area (TPSA) is 104 Å². The van der Waals surface area contributed by atoms with E-state index in [1.54, 1.807) is 23.8 Å². The highest BCUT2D eigenvalue weighted by Gasteiger charge is 2.26. The fourth-order valence-electron chi connectivity index (χ4n) is 3.89. The molecule has 158 valence electrons. The number of hydrogen-bond acceptors (Lipinski definition) is 6. The van der Waals surface area contributed by atoms with Crippen LogP contribution in [0.4, 0.5) is 5.82 Å². The van der Waals surface area contributed by atoms with Crippen molar-refractivity contribution in [2.75, 3.05) is 45.2 Å². The number of fused-ring (bicyclic) bond motifs is 2. The third kappa shape index (κ3) is 3.61. The molecule has 1 fully saturated rings. The lowest BCUT2D eigenvalue weighted by Crippen LogP contribution is -3.14. The molecule has 0 spiro atoms. The molecule has 0 unspecified atom stereocenters.